The number of methoxy groups -OCH3 is 1. The van der Waals surface area contributed by atoms with E-state index < -0.39 is 11.8 Å². The molecule has 0 saturated heterocycles. The van der Waals surface area contributed by atoms with Crippen molar-refractivity contribution in [3.8, 4) is 5.75 Å². The number of esters is 1. The second kappa shape index (κ2) is 5.21. The van der Waals surface area contributed by atoms with Crippen molar-refractivity contribution in [1.29, 1.82) is 0 Å². The lowest BCUT2D eigenvalue weighted by atomic mass is 9.99. The molecule has 1 aliphatic rings. The Balaban J connectivity index is 2.45. The minimum atomic E-state index is -0.809. The van der Waals surface area contributed by atoms with Gasteiger partial charge in [-0.2, -0.15) is 0 Å². The highest BCUT2D eigenvalue weighted by molar-refractivity contribution is 6.41. The summed E-state index contributed by atoms with van der Waals surface area (Å²) in [5.74, 6) is -0.961. The molecule has 4 nitrogen and oxygen atoms in total. The van der Waals surface area contributed by atoms with Gasteiger partial charge in [0.25, 0.3) is 5.78 Å². The summed E-state index contributed by atoms with van der Waals surface area (Å²) in [6.07, 6.45) is 2.76. The third-order valence-corrected chi connectivity index (χ3v) is 3.15. The maximum atomic E-state index is 12.1. The SMILES string of the molecule is CCOC(=O)C(=O)c1c(OC)ccc2c1CCC2. The summed E-state index contributed by atoms with van der Waals surface area (Å²) in [6, 6.07) is 3.71. The number of ketones is 1. The van der Waals surface area contributed by atoms with Crippen LogP contribution in [0.5, 0.6) is 5.75 Å². The molecule has 0 saturated carbocycles. The Morgan fingerprint density at radius 1 is 1.28 bits per heavy atom. The van der Waals surface area contributed by atoms with Gasteiger partial charge in [-0.1, -0.05) is 6.07 Å². The number of aryl methyl sites for hydroxylation is 1. The average Bonchev–Trinajstić information content (AvgIpc) is 2.85. The van der Waals surface area contributed by atoms with E-state index in [1.54, 1.807) is 13.0 Å². The topological polar surface area (TPSA) is 52.6 Å². The van der Waals surface area contributed by atoms with Crippen LogP contribution in [0.4, 0.5) is 0 Å². The fraction of sp³-hybridized carbons (Fsp3) is 0.429. The zero-order chi connectivity index (χ0) is 13.1. The smallest absolute Gasteiger partial charge is 0.379 e. The van der Waals surface area contributed by atoms with Crippen molar-refractivity contribution in [2.75, 3.05) is 13.7 Å². The molecule has 0 radical (unpaired) electrons. The number of hydrogen-bond donors (Lipinski definition) is 0. The van der Waals surface area contributed by atoms with Crippen LogP contribution in [0.3, 0.4) is 0 Å². The third-order valence-electron chi connectivity index (χ3n) is 3.15. The van der Waals surface area contributed by atoms with Gasteiger partial charge in [0.2, 0.25) is 0 Å². The molecule has 1 aromatic rings. The molecule has 0 N–H and O–H groups in total. The molecule has 4 heteroatoms. The number of carbonyl (C=O) groups excluding carboxylic acids is 2. The van der Waals surface area contributed by atoms with E-state index in [4.69, 9.17) is 9.47 Å². The van der Waals surface area contributed by atoms with Crippen LogP contribution in [0, 0.1) is 0 Å². The summed E-state index contributed by atoms with van der Waals surface area (Å²) in [5.41, 5.74) is 2.45. The maximum absolute atomic E-state index is 12.1. The summed E-state index contributed by atoms with van der Waals surface area (Å²) < 4.78 is 9.96. The third kappa shape index (κ3) is 2.10. The number of carbonyl (C=O) groups is 2. The van der Waals surface area contributed by atoms with Gasteiger partial charge in [-0.15, -0.1) is 0 Å². The first-order valence-electron chi connectivity index (χ1n) is 6.09. The summed E-state index contributed by atoms with van der Waals surface area (Å²) in [4.78, 5) is 23.7. The fourth-order valence-electron chi connectivity index (χ4n) is 2.36. The Hall–Kier alpha value is -1.84. The summed E-state index contributed by atoms with van der Waals surface area (Å²) in [6.45, 7) is 1.87. The van der Waals surface area contributed by atoms with Crippen molar-refractivity contribution in [1.82, 2.24) is 0 Å². The van der Waals surface area contributed by atoms with Crippen LogP contribution in [-0.4, -0.2) is 25.5 Å². The lowest BCUT2D eigenvalue weighted by molar-refractivity contribution is -0.137. The average molecular weight is 248 g/mol. The van der Waals surface area contributed by atoms with Crippen molar-refractivity contribution in [2.24, 2.45) is 0 Å². The quantitative estimate of drug-likeness (QED) is 0.464. The molecule has 0 spiro atoms. The van der Waals surface area contributed by atoms with Gasteiger partial charge in [-0.05, 0) is 43.4 Å². The number of benzene rings is 1. The van der Waals surface area contributed by atoms with Gasteiger partial charge >= 0.3 is 5.97 Å². The molecule has 1 aliphatic carbocycles. The van der Waals surface area contributed by atoms with Gasteiger partial charge < -0.3 is 9.47 Å². The largest absolute Gasteiger partial charge is 0.496 e. The van der Waals surface area contributed by atoms with Crippen LogP contribution in [0.15, 0.2) is 12.1 Å². The number of fused-ring (bicyclic) bond motifs is 1. The van der Waals surface area contributed by atoms with Gasteiger partial charge in [0.15, 0.2) is 0 Å². The molecule has 2 rings (SSSR count). The monoisotopic (exact) mass is 248 g/mol. The van der Waals surface area contributed by atoms with Gasteiger partial charge in [-0.25, -0.2) is 4.79 Å². The van der Waals surface area contributed by atoms with Crippen molar-refractivity contribution in [2.45, 2.75) is 26.2 Å². The number of hydrogen-bond acceptors (Lipinski definition) is 4. The molecule has 0 fully saturated rings. The van der Waals surface area contributed by atoms with E-state index >= 15 is 0 Å². The second-order valence-electron chi connectivity index (χ2n) is 4.18. The normalized spacial score (nSPS) is 13.0. The second-order valence-corrected chi connectivity index (χ2v) is 4.18. The van der Waals surface area contributed by atoms with Gasteiger partial charge in [-0.3, -0.25) is 4.79 Å². The molecular formula is C14H16O4. The number of rotatable bonds is 4. The van der Waals surface area contributed by atoms with Crippen LogP contribution in [0.2, 0.25) is 0 Å². The highest BCUT2D eigenvalue weighted by Gasteiger charge is 2.28. The number of Topliss-reactive ketones (excluding diaryl/α,β-unsaturated/α-hetero) is 1. The highest BCUT2D eigenvalue weighted by atomic mass is 16.5. The fourth-order valence-corrected chi connectivity index (χ4v) is 2.36. The van der Waals surface area contributed by atoms with Gasteiger partial charge in [0.05, 0.1) is 19.3 Å². The molecular weight excluding hydrogens is 232 g/mol. The van der Waals surface area contributed by atoms with Gasteiger partial charge in [0.1, 0.15) is 5.75 Å². The minimum Gasteiger partial charge on any atom is -0.496 e. The summed E-state index contributed by atoms with van der Waals surface area (Å²) in [7, 11) is 1.50. The minimum absolute atomic E-state index is 0.196. The van der Waals surface area contributed by atoms with E-state index in [-0.39, 0.29) is 6.61 Å². The molecule has 1 aromatic carbocycles. The lowest BCUT2D eigenvalue weighted by Gasteiger charge is -2.11. The Morgan fingerprint density at radius 2 is 2.06 bits per heavy atom. The van der Waals surface area contributed by atoms with E-state index in [0.29, 0.717) is 11.3 Å². The zero-order valence-electron chi connectivity index (χ0n) is 10.6. The van der Waals surface area contributed by atoms with Crippen LogP contribution in [0.1, 0.15) is 34.8 Å². The van der Waals surface area contributed by atoms with Crippen LogP contribution < -0.4 is 4.74 Å². The Morgan fingerprint density at radius 3 is 2.72 bits per heavy atom. The first-order valence-corrected chi connectivity index (χ1v) is 6.09. The zero-order valence-corrected chi connectivity index (χ0v) is 10.6. The van der Waals surface area contributed by atoms with Crippen molar-refractivity contribution < 1.29 is 19.1 Å². The van der Waals surface area contributed by atoms with Gasteiger partial charge in [0, 0.05) is 0 Å². The molecule has 0 bridgehead atoms. The number of ether oxygens (including phenoxy) is 2. The molecule has 0 heterocycles. The van der Waals surface area contributed by atoms with Crippen molar-refractivity contribution >= 4 is 11.8 Å². The standard InChI is InChI=1S/C14H16O4/c1-3-18-14(16)13(15)12-10-6-4-5-9(10)7-8-11(12)17-2/h7-8H,3-6H2,1-2H3. The highest BCUT2D eigenvalue weighted by Crippen LogP contribution is 2.32. The van der Waals surface area contributed by atoms with Crippen molar-refractivity contribution in [3.05, 3.63) is 28.8 Å². The van der Waals surface area contributed by atoms with Crippen LogP contribution in [0.25, 0.3) is 0 Å². The van der Waals surface area contributed by atoms with Crippen LogP contribution in [-0.2, 0) is 22.4 Å². The van der Waals surface area contributed by atoms with Crippen LogP contribution >= 0.6 is 0 Å². The van der Waals surface area contributed by atoms with E-state index in [1.165, 1.54) is 7.11 Å². The Kier molecular flexibility index (Phi) is 3.65. The predicted octanol–water partition coefficient (Wildman–Crippen LogP) is 1.93. The summed E-state index contributed by atoms with van der Waals surface area (Å²) in [5, 5.41) is 0. The van der Waals surface area contributed by atoms with E-state index in [1.807, 2.05) is 6.07 Å². The molecule has 96 valence electrons. The van der Waals surface area contributed by atoms with E-state index in [2.05, 4.69) is 0 Å². The van der Waals surface area contributed by atoms with Crippen molar-refractivity contribution in [3.63, 3.8) is 0 Å². The molecule has 0 aliphatic heterocycles. The first-order chi connectivity index (χ1) is 8.69. The Bertz CT molecular complexity index is 491. The first kappa shape index (κ1) is 12.6. The molecule has 0 amide bonds. The molecule has 0 aromatic heterocycles. The van der Waals surface area contributed by atoms with E-state index in [9.17, 15) is 9.59 Å². The molecule has 18 heavy (non-hydrogen) atoms. The lowest BCUT2D eigenvalue weighted by Crippen LogP contribution is -2.20. The maximum Gasteiger partial charge on any atom is 0.379 e. The Labute approximate surface area is 106 Å². The summed E-state index contributed by atoms with van der Waals surface area (Å²) >= 11 is 0. The molecule has 0 atom stereocenters. The molecule has 0 unspecified atom stereocenters. The van der Waals surface area contributed by atoms with E-state index in [0.717, 1.165) is 30.4 Å². The predicted molar refractivity (Wildman–Crippen MR) is 66.0 cm³/mol.